The number of methoxy groups -OCH3 is 1. The van der Waals surface area contributed by atoms with Gasteiger partial charge in [0.15, 0.2) is 6.29 Å². The number of ether oxygens (including phenoxy) is 3. The van der Waals surface area contributed by atoms with E-state index in [0.29, 0.717) is 0 Å². The van der Waals surface area contributed by atoms with E-state index in [-0.39, 0.29) is 6.42 Å². The molecule has 0 bridgehead atoms. The number of aliphatic hydroxyl groups excluding tert-OH is 8. The van der Waals surface area contributed by atoms with Gasteiger partial charge in [-0.05, 0) is 6.42 Å². The molecular formula is C14H26O11. The topological polar surface area (TPSA) is 190 Å². The molecule has 0 aromatic rings. The van der Waals surface area contributed by atoms with Crippen LogP contribution in [0.5, 0.6) is 0 Å². The molecule has 0 aromatic heterocycles. The van der Waals surface area contributed by atoms with E-state index in [0.717, 1.165) is 7.11 Å². The minimum absolute atomic E-state index is 0.263. The molecule has 8 N–H and O–H groups in total. The molecule has 8 atom stereocenters. The van der Waals surface area contributed by atoms with Gasteiger partial charge < -0.3 is 55.1 Å². The summed E-state index contributed by atoms with van der Waals surface area (Å²) in [4.78, 5) is 0. The largest absolute Gasteiger partial charge is 0.510 e. The van der Waals surface area contributed by atoms with Crippen LogP contribution >= 0.6 is 0 Å². The average Bonchev–Trinajstić information content (AvgIpc) is 2.59. The Morgan fingerprint density at radius 2 is 1.76 bits per heavy atom. The standard InChI is InChI=1S/C14H26O11/c1-6(17)11-9(20)8(19)10(21)13(24-11)25-14(5-16,23-2)12(22)7(18)3-4-15/h7-13,15-22H,1,3-5H2,2H3. The highest BCUT2D eigenvalue weighted by Crippen LogP contribution is 2.30. The third-order valence-electron chi connectivity index (χ3n) is 4.02. The highest BCUT2D eigenvalue weighted by molar-refractivity contribution is 5.02. The van der Waals surface area contributed by atoms with Gasteiger partial charge in [-0.1, -0.05) is 6.58 Å². The van der Waals surface area contributed by atoms with E-state index in [1.807, 2.05) is 0 Å². The first-order valence-corrected chi connectivity index (χ1v) is 7.53. The molecule has 8 unspecified atom stereocenters. The van der Waals surface area contributed by atoms with Crippen LogP contribution in [0.3, 0.4) is 0 Å². The fraction of sp³-hybridized carbons (Fsp3) is 0.857. The van der Waals surface area contributed by atoms with Gasteiger partial charge in [-0.2, -0.15) is 0 Å². The Balaban J connectivity index is 3.04. The molecule has 148 valence electrons. The normalized spacial score (nSPS) is 35.0. The van der Waals surface area contributed by atoms with E-state index in [2.05, 4.69) is 6.58 Å². The van der Waals surface area contributed by atoms with E-state index < -0.39 is 67.7 Å². The SMILES string of the molecule is C=C(O)C1OC(OC(CO)(OC)C(O)C(O)CCO)C(O)C(O)C1O. The number of hydrogen-bond donors (Lipinski definition) is 8. The van der Waals surface area contributed by atoms with Crippen LogP contribution in [0, 0.1) is 0 Å². The van der Waals surface area contributed by atoms with Gasteiger partial charge in [-0.3, -0.25) is 0 Å². The molecule has 0 aliphatic carbocycles. The molecule has 1 aliphatic rings. The second kappa shape index (κ2) is 9.19. The van der Waals surface area contributed by atoms with Crippen molar-refractivity contribution < 1.29 is 55.1 Å². The van der Waals surface area contributed by atoms with Crippen LogP contribution in [0.4, 0.5) is 0 Å². The Hall–Kier alpha value is -0.860. The van der Waals surface area contributed by atoms with E-state index in [9.17, 15) is 35.7 Å². The zero-order valence-electron chi connectivity index (χ0n) is 13.7. The molecule has 1 fully saturated rings. The first-order chi connectivity index (χ1) is 11.6. The molecule has 1 heterocycles. The maximum absolute atomic E-state index is 10.2. The van der Waals surface area contributed by atoms with Crippen LogP contribution < -0.4 is 0 Å². The van der Waals surface area contributed by atoms with Gasteiger partial charge in [0.2, 0.25) is 5.79 Å². The molecule has 1 aliphatic heterocycles. The highest BCUT2D eigenvalue weighted by atomic mass is 16.8. The lowest BCUT2D eigenvalue weighted by molar-refractivity contribution is -0.391. The van der Waals surface area contributed by atoms with Crippen LogP contribution in [-0.2, 0) is 14.2 Å². The van der Waals surface area contributed by atoms with Gasteiger partial charge in [-0.25, -0.2) is 0 Å². The molecule has 1 saturated heterocycles. The first kappa shape index (κ1) is 22.2. The summed E-state index contributed by atoms with van der Waals surface area (Å²) in [6, 6.07) is 0. The van der Waals surface area contributed by atoms with Crippen molar-refractivity contribution >= 4 is 0 Å². The summed E-state index contributed by atoms with van der Waals surface area (Å²) in [7, 11) is 1.04. The summed E-state index contributed by atoms with van der Waals surface area (Å²) in [6.45, 7) is 1.71. The smallest absolute Gasteiger partial charge is 0.223 e. The van der Waals surface area contributed by atoms with Crippen molar-refractivity contribution in [1.29, 1.82) is 0 Å². The fourth-order valence-corrected chi connectivity index (χ4v) is 2.43. The van der Waals surface area contributed by atoms with Crippen molar-refractivity contribution in [3.05, 3.63) is 12.3 Å². The van der Waals surface area contributed by atoms with Crippen LogP contribution in [0.25, 0.3) is 0 Å². The summed E-state index contributed by atoms with van der Waals surface area (Å²) >= 11 is 0. The highest BCUT2D eigenvalue weighted by Gasteiger charge is 2.51. The minimum Gasteiger partial charge on any atom is -0.510 e. The average molecular weight is 370 g/mol. The number of aliphatic hydroxyl groups is 8. The number of hydrogen-bond acceptors (Lipinski definition) is 11. The maximum atomic E-state index is 10.2. The second-order valence-electron chi connectivity index (χ2n) is 5.70. The van der Waals surface area contributed by atoms with Crippen molar-refractivity contribution in [3.8, 4) is 0 Å². The van der Waals surface area contributed by atoms with Gasteiger partial charge >= 0.3 is 0 Å². The van der Waals surface area contributed by atoms with Crippen LogP contribution in [0.15, 0.2) is 12.3 Å². The Morgan fingerprint density at radius 1 is 1.16 bits per heavy atom. The summed E-state index contributed by atoms with van der Waals surface area (Å²) in [5, 5.41) is 77.4. The zero-order chi connectivity index (χ0) is 19.4. The van der Waals surface area contributed by atoms with E-state index in [4.69, 9.17) is 19.3 Å². The maximum Gasteiger partial charge on any atom is 0.223 e. The first-order valence-electron chi connectivity index (χ1n) is 7.53. The molecule has 25 heavy (non-hydrogen) atoms. The molecule has 0 spiro atoms. The van der Waals surface area contributed by atoms with E-state index >= 15 is 0 Å². The minimum atomic E-state index is -2.29. The number of rotatable bonds is 9. The van der Waals surface area contributed by atoms with Gasteiger partial charge in [0.1, 0.15) is 42.9 Å². The molecule has 11 heteroatoms. The summed E-state index contributed by atoms with van der Waals surface area (Å²) in [5.74, 6) is -2.94. The lowest BCUT2D eigenvalue weighted by Gasteiger charge is -2.45. The Morgan fingerprint density at radius 3 is 2.20 bits per heavy atom. The Labute approximate surface area is 143 Å². The molecule has 0 radical (unpaired) electrons. The Bertz CT molecular complexity index is 427. The third-order valence-corrected chi connectivity index (χ3v) is 4.02. The van der Waals surface area contributed by atoms with Crippen molar-refractivity contribution in [1.82, 2.24) is 0 Å². The Kier molecular flexibility index (Phi) is 8.15. The predicted octanol–water partition coefficient (Wildman–Crippen LogP) is -3.68. The van der Waals surface area contributed by atoms with Crippen molar-refractivity contribution in [2.24, 2.45) is 0 Å². The lowest BCUT2D eigenvalue weighted by atomic mass is 9.97. The monoisotopic (exact) mass is 370 g/mol. The van der Waals surface area contributed by atoms with Gasteiger partial charge in [0.25, 0.3) is 0 Å². The molecule has 0 saturated carbocycles. The van der Waals surface area contributed by atoms with Crippen LogP contribution in [0.2, 0.25) is 0 Å². The van der Waals surface area contributed by atoms with Crippen molar-refractivity contribution in [3.63, 3.8) is 0 Å². The van der Waals surface area contributed by atoms with E-state index in [1.54, 1.807) is 0 Å². The zero-order valence-corrected chi connectivity index (χ0v) is 13.7. The van der Waals surface area contributed by atoms with Gasteiger partial charge in [0, 0.05) is 13.7 Å². The van der Waals surface area contributed by atoms with Crippen LogP contribution in [0.1, 0.15) is 6.42 Å². The molecular weight excluding hydrogens is 344 g/mol. The summed E-state index contributed by atoms with van der Waals surface area (Å²) in [5.41, 5.74) is 0. The summed E-state index contributed by atoms with van der Waals surface area (Å²) < 4.78 is 15.3. The molecule has 1 rings (SSSR count). The van der Waals surface area contributed by atoms with Gasteiger partial charge in [0.05, 0.1) is 6.10 Å². The third kappa shape index (κ3) is 4.65. The second-order valence-corrected chi connectivity index (χ2v) is 5.70. The predicted molar refractivity (Wildman–Crippen MR) is 80.1 cm³/mol. The fourth-order valence-electron chi connectivity index (χ4n) is 2.43. The summed E-state index contributed by atoms with van der Waals surface area (Å²) in [6.07, 6.45) is -12.3. The lowest BCUT2D eigenvalue weighted by Crippen LogP contribution is -2.64. The molecule has 11 nitrogen and oxygen atoms in total. The van der Waals surface area contributed by atoms with Crippen molar-refractivity contribution in [2.75, 3.05) is 20.3 Å². The quantitative estimate of drug-likeness (QED) is 0.147. The molecule has 0 aromatic carbocycles. The van der Waals surface area contributed by atoms with E-state index in [1.165, 1.54) is 0 Å². The van der Waals surface area contributed by atoms with Crippen molar-refractivity contribution in [2.45, 2.75) is 55.1 Å². The van der Waals surface area contributed by atoms with Crippen LogP contribution in [-0.4, -0.2) is 110 Å². The molecule has 0 amide bonds. The van der Waals surface area contributed by atoms with Gasteiger partial charge in [-0.15, -0.1) is 0 Å².